The van der Waals surface area contributed by atoms with Crippen molar-refractivity contribution in [2.75, 3.05) is 6.61 Å². The van der Waals surface area contributed by atoms with Crippen molar-refractivity contribution in [2.24, 2.45) is 0 Å². The molecule has 2 N–H and O–H groups in total. The van der Waals surface area contributed by atoms with Gasteiger partial charge in [-0.3, -0.25) is 14.0 Å². The Balaban J connectivity index is 2.20. The van der Waals surface area contributed by atoms with Crippen molar-refractivity contribution in [2.45, 2.75) is 52.7 Å². The Labute approximate surface area is 154 Å². The topological polar surface area (TPSA) is 110 Å². The number of aliphatic carboxylic acids is 1. The van der Waals surface area contributed by atoms with E-state index in [0.717, 1.165) is 4.88 Å². The number of aryl methyl sites for hydroxylation is 2. The number of carbonyl (C=O) groups is 2. The minimum absolute atomic E-state index is 0.0892. The van der Waals surface area contributed by atoms with Crippen LogP contribution >= 0.6 is 11.3 Å². The molecule has 0 spiro atoms. The summed E-state index contributed by atoms with van der Waals surface area (Å²) in [6, 6.07) is -1.16. The molecule has 2 aromatic rings. The van der Waals surface area contributed by atoms with E-state index >= 15 is 0 Å². The van der Waals surface area contributed by atoms with Gasteiger partial charge < -0.3 is 15.2 Å². The van der Waals surface area contributed by atoms with Gasteiger partial charge in [0.15, 0.2) is 4.96 Å². The van der Waals surface area contributed by atoms with Gasteiger partial charge in [-0.25, -0.2) is 9.78 Å². The van der Waals surface area contributed by atoms with E-state index in [1.165, 1.54) is 21.9 Å². The van der Waals surface area contributed by atoms with Gasteiger partial charge in [0.1, 0.15) is 11.6 Å². The number of ether oxygens (including phenoxy) is 1. The molecule has 0 aliphatic rings. The van der Waals surface area contributed by atoms with Crippen LogP contribution in [-0.4, -0.2) is 44.6 Å². The first kappa shape index (κ1) is 20.1. The van der Waals surface area contributed by atoms with Crippen LogP contribution < -0.4 is 10.9 Å². The molecule has 0 fully saturated rings. The minimum Gasteiger partial charge on any atom is -0.480 e. The fourth-order valence-corrected chi connectivity index (χ4v) is 3.24. The van der Waals surface area contributed by atoms with Crippen molar-refractivity contribution in [1.29, 1.82) is 0 Å². The molecule has 2 rings (SSSR count). The number of carboxylic acid groups (broad SMARTS) is 1. The van der Waals surface area contributed by atoms with Gasteiger partial charge in [0.25, 0.3) is 11.5 Å². The molecule has 0 aliphatic carbocycles. The van der Waals surface area contributed by atoms with Crippen LogP contribution in [0, 0.1) is 13.8 Å². The van der Waals surface area contributed by atoms with Gasteiger partial charge in [-0.15, -0.1) is 11.3 Å². The lowest BCUT2D eigenvalue weighted by Gasteiger charge is -2.21. The lowest BCUT2D eigenvalue weighted by Crippen LogP contribution is -2.44. The average molecular weight is 381 g/mol. The van der Waals surface area contributed by atoms with Gasteiger partial charge in [-0.05, 0) is 34.6 Å². The van der Waals surface area contributed by atoms with Crippen LogP contribution in [0.4, 0.5) is 0 Å². The van der Waals surface area contributed by atoms with Gasteiger partial charge in [0, 0.05) is 29.8 Å². The monoisotopic (exact) mass is 381 g/mol. The summed E-state index contributed by atoms with van der Waals surface area (Å²) in [6.45, 7) is 9.37. The largest absolute Gasteiger partial charge is 0.480 e. The van der Waals surface area contributed by atoms with E-state index in [4.69, 9.17) is 4.74 Å². The number of aromatic nitrogens is 2. The molecular formula is C17H23N3O5S. The summed E-state index contributed by atoms with van der Waals surface area (Å²) in [4.78, 5) is 42.0. The highest BCUT2D eigenvalue weighted by atomic mass is 32.1. The molecule has 0 aliphatic heterocycles. The number of hydrogen-bond acceptors (Lipinski definition) is 6. The van der Waals surface area contributed by atoms with Gasteiger partial charge in [0.2, 0.25) is 0 Å². The molecule has 9 heteroatoms. The van der Waals surface area contributed by atoms with E-state index in [1.807, 2.05) is 27.7 Å². The van der Waals surface area contributed by atoms with Crippen molar-refractivity contribution >= 4 is 28.2 Å². The molecule has 1 unspecified atom stereocenters. The van der Waals surface area contributed by atoms with Gasteiger partial charge in [-0.1, -0.05) is 0 Å². The molecule has 8 nitrogen and oxygen atoms in total. The van der Waals surface area contributed by atoms with Crippen LogP contribution in [0.3, 0.4) is 0 Å². The maximum absolute atomic E-state index is 12.6. The fourth-order valence-electron chi connectivity index (χ4n) is 2.31. The molecule has 142 valence electrons. The Hall–Kier alpha value is -2.26. The van der Waals surface area contributed by atoms with E-state index < -0.39 is 29.1 Å². The van der Waals surface area contributed by atoms with Crippen LogP contribution in [0.5, 0.6) is 0 Å². The molecule has 2 heterocycles. The van der Waals surface area contributed by atoms with Crippen LogP contribution in [-0.2, 0) is 9.53 Å². The van der Waals surface area contributed by atoms with E-state index in [0.29, 0.717) is 10.7 Å². The third-order valence-electron chi connectivity index (χ3n) is 3.81. The molecule has 2 aromatic heterocycles. The van der Waals surface area contributed by atoms with Crippen LogP contribution in [0.25, 0.3) is 4.96 Å². The predicted molar refractivity (Wildman–Crippen MR) is 98.0 cm³/mol. The summed E-state index contributed by atoms with van der Waals surface area (Å²) in [6.07, 6.45) is 1.28. The second-order valence-electron chi connectivity index (χ2n) is 6.95. The van der Waals surface area contributed by atoms with Crippen LogP contribution in [0.15, 0.2) is 11.0 Å². The molecule has 0 aromatic carbocycles. The molecular weight excluding hydrogens is 358 g/mol. The first-order valence-corrected chi connectivity index (χ1v) is 8.98. The highest BCUT2D eigenvalue weighted by molar-refractivity contribution is 7.17. The molecule has 1 amide bonds. The highest BCUT2D eigenvalue weighted by Crippen LogP contribution is 2.18. The number of fused-ring (bicyclic) bond motifs is 1. The molecule has 0 saturated heterocycles. The van der Waals surface area contributed by atoms with Crippen LogP contribution in [0.2, 0.25) is 0 Å². The SMILES string of the molecule is Cc1sc2ncc(C(=O)NC(CCOC(C)(C)C)C(=O)O)c(=O)n2c1C. The van der Waals surface area contributed by atoms with Gasteiger partial charge in [-0.2, -0.15) is 0 Å². The zero-order valence-electron chi connectivity index (χ0n) is 15.5. The third-order valence-corrected chi connectivity index (χ3v) is 4.88. The summed E-state index contributed by atoms with van der Waals surface area (Å²) in [5.74, 6) is -1.95. The van der Waals surface area contributed by atoms with Crippen molar-refractivity contribution in [1.82, 2.24) is 14.7 Å². The fraction of sp³-hybridized carbons (Fsp3) is 0.529. The first-order chi connectivity index (χ1) is 12.0. The van der Waals surface area contributed by atoms with E-state index in [9.17, 15) is 19.5 Å². The molecule has 0 radical (unpaired) electrons. The second kappa shape index (κ2) is 7.55. The summed E-state index contributed by atoms with van der Waals surface area (Å²) < 4.78 is 6.87. The zero-order valence-corrected chi connectivity index (χ0v) is 16.3. The number of hydrogen-bond donors (Lipinski definition) is 2. The normalized spacial score (nSPS) is 13.0. The number of rotatable bonds is 6. The van der Waals surface area contributed by atoms with Crippen molar-refractivity contribution < 1.29 is 19.4 Å². The first-order valence-electron chi connectivity index (χ1n) is 8.16. The summed E-state index contributed by atoms with van der Waals surface area (Å²) in [7, 11) is 0. The smallest absolute Gasteiger partial charge is 0.326 e. The quantitative estimate of drug-likeness (QED) is 0.789. The number of carbonyl (C=O) groups excluding carboxylic acids is 1. The average Bonchev–Trinajstić information content (AvgIpc) is 2.80. The van der Waals surface area contributed by atoms with E-state index in [-0.39, 0.29) is 18.6 Å². The Morgan fingerprint density at radius 3 is 2.62 bits per heavy atom. The predicted octanol–water partition coefficient (Wildman–Crippen LogP) is 1.76. The number of nitrogens with one attached hydrogen (secondary N) is 1. The van der Waals surface area contributed by atoms with Crippen LogP contribution in [0.1, 0.15) is 48.1 Å². The maximum atomic E-state index is 12.6. The number of amides is 1. The second-order valence-corrected chi connectivity index (χ2v) is 8.13. The number of thiazole rings is 1. The molecule has 0 saturated carbocycles. The Kier molecular flexibility index (Phi) is 5.82. The summed E-state index contributed by atoms with van der Waals surface area (Å²) in [5, 5.41) is 11.7. The molecule has 1 atom stereocenters. The Bertz CT molecular complexity index is 894. The van der Waals surface area contributed by atoms with Crippen molar-refractivity contribution in [3.8, 4) is 0 Å². The third kappa shape index (κ3) is 4.47. The Morgan fingerprint density at radius 2 is 2.04 bits per heavy atom. The zero-order chi connectivity index (χ0) is 19.6. The van der Waals surface area contributed by atoms with Crippen molar-refractivity contribution in [3.63, 3.8) is 0 Å². The number of nitrogens with zero attached hydrogens (tertiary/aromatic N) is 2. The van der Waals surface area contributed by atoms with Gasteiger partial charge in [0.05, 0.1) is 5.60 Å². The van der Waals surface area contributed by atoms with E-state index in [1.54, 1.807) is 6.92 Å². The lowest BCUT2D eigenvalue weighted by atomic mass is 10.1. The molecule has 26 heavy (non-hydrogen) atoms. The Morgan fingerprint density at radius 1 is 1.38 bits per heavy atom. The van der Waals surface area contributed by atoms with E-state index in [2.05, 4.69) is 10.3 Å². The standard InChI is InChI=1S/C17H23N3O5S/c1-9-10(2)26-16-18-8-11(14(22)20(9)16)13(21)19-12(15(23)24)6-7-25-17(3,4)5/h8,12H,6-7H2,1-5H3,(H,19,21)(H,23,24). The number of carboxylic acids is 1. The van der Waals surface area contributed by atoms with Gasteiger partial charge >= 0.3 is 5.97 Å². The lowest BCUT2D eigenvalue weighted by molar-refractivity contribution is -0.140. The maximum Gasteiger partial charge on any atom is 0.326 e. The highest BCUT2D eigenvalue weighted by Gasteiger charge is 2.24. The summed E-state index contributed by atoms with van der Waals surface area (Å²) in [5.41, 5.74) is -0.392. The molecule has 0 bridgehead atoms. The summed E-state index contributed by atoms with van der Waals surface area (Å²) >= 11 is 1.35. The minimum atomic E-state index is -1.19. The van der Waals surface area contributed by atoms with Crippen molar-refractivity contribution in [3.05, 3.63) is 32.7 Å².